The Balaban J connectivity index is 2.31. The Kier molecular flexibility index (Phi) is 6.55. The van der Waals surface area contributed by atoms with Gasteiger partial charge in [0.1, 0.15) is 0 Å². The van der Waals surface area contributed by atoms with Crippen LogP contribution >= 0.6 is 0 Å². The highest BCUT2D eigenvalue weighted by Crippen LogP contribution is 2.09. The average molecular weight is 278 g/mol. The van der Waals surface area contributed by atoms with E-state index in [1.54, 1.807) is 6.92 Å². The third kappa shape index (κ3) is 4.84. The Morgan fingerprint density at radius 3 is 2.22 bits per heavy atom. The van der Waals surface area contributed by atoms with Crippen LogP contribution in [-0.2, 0) is 9.84 Å². The molecule has 5 nitrogen and oxygen atoms in total. The first kappa shape index (κ1) is 15.9. The molecule has 1 aliphatic rings. The predicted octanol–water partition coefficient (Wildman–Crippen LogP) is -0.190. The predicted molar refractivity (Wildman–Crippen MR) is 73.5 cm³/mol. The number of nitrogens with zero attached hydrogens (tertiary/aromatic N) is 2. The molecule has 18 heavy (non-hydrogen) atoms. The molecule has 1 aliphatic heterocycles. The van der Waals surface area contributed by atoms with Gasteiger partial charge < -0.3 is 5.11 Å². The van der Waals surface area contributed by atoms with Gasteiger partial charge in [-0.1, -0.05) is 13.8 Å². The molecule has 1 N–H and O–H groups in total. The number of rotatable bonds is 7. The van der Waals surface area contributed by atoms with E-state index >= 15 is 0 Å². The first-order valence-electron chi connectivity index (χ1n) is 6.80. The minimum atomic E-state index is -2.85. The monoisotopic (exact) mass is 278 g/mol. The highest BCUT2D eigenvalue weighted by molar-refractivity contribution is 7.91. The summed E-state index contributed by atoms with van der Waals surface area (Å²) in [6.45, 7) is 8.27. The summed E-state index contributed by atoms with van der Waals surface area (Å²) in [5, 5.41) is 9.25. The summed E-state index contributed by atoms with van der Waals surface area (Å²) in [5.41, 5.74) is 0. The number of sulfone groups is 1. The lowest BCUT2D eigenvalue weighted by molar-refractivity contribution is 0.0660. The number of hydrogen-bond donors (Lipinski definition) is 1. The van der Waals surface area contributed by atoms with Gasteiger partial charge in [-0.3, -0.25) is 9.80 Å². The van der Waals surface area contributed by atoms with Gasteiger partial charge in [-0.2, -0.15) is 0 Å². The van der Waals surface area contributed by atoms with Crippen molar-refractivity contribution in [1.82, 2.24) is 9.80 Å². The Morgan fingerprint density at radius 2 is 1.78 bits per heavy atom. The summed E-state index contributed by atoms with van der Waals surface area (Å²) in [6, 6.07) is 0.256. The van der Waals surface area contributed by atoms with Crippen molar-refractivity contribution in [2.45, 2.75) is 26.3 Å². The van der Waals surface area contributed by atoms with Crippen molar-refractivity contribution < 1.29 is 13.5 Å². The van der Waals surface area contributed by atoms with E-state index in [2.05, 4.69) is 16.7 Å². The zero-order chi connectivity index (χ0) is 13.6. The van der Waals surface area contributed by atoms with Crippen LogP contribution in [0.4, 0.5) is 0 Å². The summed E-state index contributed by atoms with van der Waals surface area (Å²) in [4.78, 5) is 4.50. The summed E-state index contributed by atoms with van der Waals surface area (Å²) in [7, 11) is -2.85. The maximum atomic E-state index is 11.4. The first-order chi connectivity index (χ1) is 8.52. The lowest BCUT2D eigenvalue weighted by Gasteiger charge is -2.38. The van der Waals surface area contributed by atoms with Crippen molar-refractivity contribution >= 4 is 9.84 Å². The summed E-state index contributed by atoms with van der Waals surface area (Å²) >= 11 is 0. The fraction of sp³-hybridized carbons (Fsp3) is 1.00. The van der Waals surface area contributed by atoms with Gasteiger partial charge in [0, 0.05) is 44.5 Å². The van der Waals surface area contributed by atoms with E-state index in [0.29, 0.717) is 6.54 Å². The number of aliphatic hydroxyl groups excluding tert-OH is 1. The van der Waals surface area contributed by atoms with E-state index in [1.807, 2.05) is 0 Å². The molecule has 1 rings (SSSR count). The Morgan fingerprint density at radius 1 is 1.17 bits per heavy atom. The molecule has 1 heterocycles. The second-order valence-electron chi connectivity index (χ2n) is 4.86. The molecular weight excluding hydrogens is 252 g/mol. The van der Waals surface area contributed by atoms with Crippen LogP contribution in [0.3, 0.4) is 0 Å². The maximum absolute atomic E-state index is 11.4. The zero-order valence-electron chi connectivity index (χ0n) is 11.5. The van der Waals surface area contributed by atoms with Crippen molar-refractivity contribution in [1.29, 1.82) is 0 Å². The SMILES string of the molecule is CCC(CO)N1CCN(CCS(=O)(=O)CC)CC1. The smallest absolute Gasteiger partial charge is 0.151 e. The highest BCUT2D eigenvalue weighted by Gasteiger charge is 2.22. The maximum Gasteiger partial charge on any atom is 0.151 e. The molecule has 0 bridgehead atoms. The van der Waals surface area contributed by atoms with Crippen LogP contribution < -0.4 is 0 Å². The van der Waals surface area contributed by atoms with Crippen molar-refractivity contribution in [3.63, 3.8) is 0 Å². The molecular formula is C12H26N2O3S. The molecule has 108 valence electrons. The summed E-state index contributed by atoms with van der Waals surface area (Å²) in [5.74, 6) is 0.496. The third-order valence-electron chi connectivity index (χ3n) is 3.76. The number of hydrogen-bond acceptors (Lipinski definition) is 5. The quantitative estimate of drug-likeness (QED) is 0.699. The topological polar surface area (TPSA) is 60.9 Å². The Hall–Kier alpha value is -0.170. The first-order valence-corrected chi connectivity index (χ1v) is 8.62. The number of piperazine rings is 1. The van der Waals surface area contributed by atoms with Gasteiger partial charge in [0.2, 0.25) is 0 Å². The van der Waals surface area contributed by atoms with E-state index in [9.17, 15) is 13.5 Å². The largest absolute Gasteiger partial charge is 0.395 e. The molecule has 0 aliphatic carbocycles. The van der Waals surface area contributed by atoms with E-state index < -0.39 is 9.84 Å². The molecule has 0 spiro atoms. The fourth-order valence-electron chi connectivity index (χ4n) is 2.27. The van der Waals surface area contributed by atoms with Gasteiger partial charge >= 0.3 is 0 Å². The van der Waals surface area contributed by atoms with Gasteiger partial charge in [-0.25, -0.2) is 8.42 Å². The molecule has 1 atom stereocenters. The van der Waals surface area contributed by atoms with Crippen molar-refractivity contribution in [3.05, 3.63) is 0 Å². The van der Waals surface area contributed by atoms with Crippen LogP contribution in [0.25, 0.3) is 0 Å². The highest BCUT2D eigenvalue weighted by atomic mass is 32.2. The van der Waals surface area contributed by atoms with Gasteiger partial charge in [0.15, 0.2) is 9.84 Å². The van der Waals surface area contributed by atoms with Crippen LogP contribution in [-0.4, -0.2) is 80.2 Å². The molecule has 0 aromatic heterocycles. The zero-order valence-corrected chi connectivity index (χ0v) is 12.3. The Labute approximate surface area is 111 Å². The fourth-order valence-corrected chi connectivity index (χ4v) is 3.09. The summed E-state index contributed by atoms with van der Waals surface area (Å²) < 4.78 is 22.9. The van der Waals surface area contributed by atoms with Crippen LogP contribution in [0.5, 0.6) is 0 Å². The summed E-state index contributed by atoms with van der Waals surface area (Å²) in [6.07, 6.45) is 0.959. The molecule has 0 saturated carbocycles. The normalized spacial score (nSPS) is 21.1. The lowest BCUT2D eigenvalue weighted by Crippen LogP contribution is -2.51. The lowest BCUT2D eigenvalue weighted by atomic mass is 10.1. The van der Waals surface area contributed by atoms with E-state index in [4.69, 9.17) is 0 Å². The van der Waals surface area contributed by atoms with Gasteiger partial charge in [-0.05, 0) is 6.42 Å². The molecule has 0 amide bonds. The van der Waals surface area contributed by atoms with Crippen molar-refractivity contribution in [3.8, 4) is 0 Å². The van der Waals surface area contributed by atoms with Crippen LogP contribution in [0, 0.1) is 0 Å². The molecule has 1 saturated heterocycles. The van der Waals surface area contributed by atoms with Gasteiger partial charge in [-0.15, -0.1) is 0 Å². The average Bonchev–Trinajstić information content (AvgIpc) is 2.39. The standard InChI is InChI=1S/C12H26N2O3S/c1-3-12(11-15)14-7-5-13(6-8-14)9-10-18(16,17)4-2/h12,15H,3-11H2,1-2H3. The van der Waals surface area contributed by atoms with Crippen LogP contribution in [0.2, 0.25) is 0 Å². The number of aliphatic hydroxyl groups is 1. The van der Waals surface area contributed by atoms with Crippen molar-refractivity contribution in [2.75, 3.05) is 50.8 Å². The molecule has 6 heteroatoms. The Bertz CT molecular complexity index is 320. The van der Waals surface area contributed by atoms with Gasteiger partial charge in [0.25, 0.3) is 0 Å². The second-order valence-corrected chi connectivity index (χ2v) is 7.33. The van der Waals surface area contributed by atoms with E-state index in [0.717, 1.165) is 32.6 Å². The van der Waals surface area contributed by atoms with E-state index in [1.165, 1.54) is 0 Å². The minimum Gasteiger partial charge on any atom is -0.395 e. The molecule has 0 aromatic carbocycles. The van der Waals surface area contributed by atoms with Crippen molar-refractivity contribution in [2.24, 2.45) is 0 Å². The molecule has 0 radical (unpaired) electrons. The van der Waals surface area contributed by atoms with Crippen LogP contribution in [0.15, 0.2) is 0 Å². The molecule has 0 aromatic rings. The second kappa shape index (κ2) is 7.43. The molecule has 1 unspecified atom stereocenters. The van der Waals surface area contributed by atoms with Gasteiger partial charge in [0.05, 0.1) is 12.4 Å². The van der Waals surface area contributed by atoms with Crippen LogP contribution in [0.1, 0.15) is 20.3 Å². The third-order valence-corrected chi connectivity index (χ3v) is 5.45. The minimum absolute atomic E-state index is 0.209. The molecule has 1 fully saturated rings. The van der Waals surface area contributed by atoms with E-state index in [-0.39, 0.29) is 24.2 Å².